The summed E-state index contributed by atoms with van der Waals surface area (Å²) in [7, 11) is 0. The number of halogens is 2. The standard InChI is InChI=1S/C15H19ClFN3O/c1-8(2)20-5-3-9(4-6-20)12-13(16)10(17)7-11-14(12)19-15(21)18-11/h7-9H,3-6H2,1-2H3,(H2,18,19,21). The number of hydrogen-bond acceptors (Lipinski definition) is 2. The van der Waals surface area contributed by atoms with E-state index < -0.39 is 5.82 Å². The molecule has 0 radical (unpaired) electrons. The number of benzene rings is 1. The van der Waals surface area contributed by atoms with Crippen LogP contribution in [0.4, 0.5) is 4.39 Å². The third-order valence-corrected chi connectivity index (χ3v) is 4.79. The molecule has 1 aliphatic heterocycles. The molecule has 2 aromatic rings. The molecule has 0 amide bonds. The first-order valence-electron chi connectivity index (χ1n) is 7.31. The van der Waals surface area contributed by atoms with Crippen LogP contribution in [-0.2, 0) is 0 Å². The fourth-order valence-corrected chi connectivity index (χ4v) is 3.54. The molecule has 1 saturated heterocycles. The van der Waals surface area contributed by atoms with Crippen LogP contribution in [0.15, 0.2) is 10.9 Å². The summed E-state index contributed by atoms with van der Waals surface area (Å²) in [6.45, 7) is 6.28. The van der Waals surface area contributed by atoms with Gasteiger partial charge in [-0.15, -0.1) is 0 Å². The lowest BCUT2D eigenvalue weighted by atomic mass is 9.88. The molecule has 2 heterocycles. The molecule has 0 bridgehead atoms. The van der Waals surface area contributed by atoms with Crippen LogP contribution in [0.1, 0.15) is 38.2 Å². The Morgan fingerprint density at radius 1 is 1.33 bits per heavy atom. The summed E-state index contributed by atoms with van der Waals surface area (Å²) in [5, 5.41) is 0.140. The van der Waals surface area contributed by atoms with E-state index in [4.69, 9.17) is 11.6 Å². The van der Waals surface area contributed by atoms with E-state index in [1.165, 1.54) is 6.07 Å². The number of hydrogen-bond donors (Lipinski definition) is 2. The maximum absolute atomic E-state index is 14.0. The van der Waals surface area contributed by atoms with E-state index in [9.17, 15) is 9.18 Å². The van der Waals surface area contributed by atoms with Crippen molar-refractivity contribution in [1.82, 2.24) is 14.9 Å². The summed E-state index contributed by atoms with van der Waals surface area (Å²) in [5.74, 6) is -0.294. The average molecular weight is 312 g/mol. The Morgan fingerprint density at radius 2 is 2.00 bits per heavy atom. The van der Waals surface area contributed by atoms with Crippen LogP contribution in [0.25, 0.3) is 11.0 Å². The Labute approximate surface area is 127 Å². The molecule has 1 aromatic carbocycles. The zero-order chi connectivity index (χ0) is 15.1. The summed E-state index contributed by atoms with van der Waals surface area (Å²) in [4.78, 5) is 19.3. The first-order valence-corrected chi connectivity index (χ1v) is 7.69. The van der Waals surface area contributed by atoms with E-state index in [1.54, 1.807) is 0 Å². The minimum atomic E-state index is -0.472. The number of fused-ring (bicyclic) bond motifs is 1. The van der Waals surface area contributed by atoms with Crippen molar-refractivity contribution in [3.63, 3.8) is 0 Å². The van der Waals surface area contributed by atoms with Gasteiger partial charge in [-0.2, -0.15) is 0 Å². The lowest BCUT2D eigenvalue weighted by Crippen LogP contribution is -2.38. The van der Waals surface area contributed by atoms with Crippen molar-refractivity contribution in [1.29, 1.82) is 0 Å². The molecule has 6 heteroatoms. The summed E-state index contributed by atoms with van der Waals surface area (Å²) in [6.07, 6.45) is 1.84. The number of likely N-dealkylation sites (tertiary alicyclic amines) is 1. The van der Waals surface area contributed by atoms with Crippen LogP contribution in [0.2, 0.25) is 5.02 Å². The number of aromatic amines is 2. The second-order valence-corrected chi connectivity index (χ2v) is 6.37. The molecule has 21 heavy (non-hydrogen) atoms. The zero-order valence-corrected chi connectivity index (χ0v) is 12.9. The number of nitrogens with one attached hydrogen (secondary N) is 2. The van der Waals surface area contributed by atoms with Crippen molar-refractivity contribution in [3.05, 3.63) is 33.0 Å². The molecule has 3 rings (SSSR count). The molecular formula is C15H19ClFN3O. The highest BCUT2D eigenvalue weighted by atomic mass is 35.5. The zero-order valence-electron chi connectivity index (χ0n) is 12.2. The number of H-pyrrole nitrogens is 2. The third-order valence-electron chi connectivity index (χ3n) is 4.41. The molecule has 0 aliphatic carbocycles. The number of nitrogens with zero attached hydrogens (tertiary/aromatic N) is 1. The first-order chi connectivity index (χ1) is 9.97. The molecule has 114 valence electrons. The quantitative estimate of drug-likeness (QED) is 0.894. The number of rotatable bonds is 2. The van der Waals surface area contributed by atoms with Crippen molar-refractivity contribution < 1.29 is 4.39 Å². The van der Waals surface area contributed by atoms with Crippen LogP contribution in [0.5, 0.6) is 0 Å². The molecule has 1 aromatic heterocycles. The molecule has 0 unspecified atom stereocenters. The second-order valence-electron chi connectivity index (χ2n) is 5.99. The normalized spacial score (nSPS) is 18.0. The van der Waals surface area contributed by atoms with Gasteiger partial charge >= 0.3 is 5.69 Å². The van der Waals surface area contributed by atoms with Crippen LogP contribution >= 0.6 is 11.6 Å². The molecule has 0 spiro atoms. The fraction of sp³-hybridized carbons (Fsp3) is 0.533. The highest BCUT2D eigenvalue weighted by Gasteiger charge is 2.27. The van der Waals surface area contributed by atoms with Gasteiger partial charge < -0.3 is 14.9 Å². The summed E-state index contributed by atoms with van der Waals surface area (Å²) >= 11 is 6.19. The Morgan fingerprint density at radius 3 is 2.62 bits per heavy atom. The molecule has 0 saturated carbocycles. The highest BCUT2D eigenvalue weighted by molar-refractivity contribution is 6.32. The van der Waals surface area contributed by atoms with Gasteiger partial charge in [-0.1, -0.05) is 11.6 Å². The van der Waals surface area contributed by atoms with Gasteiger partial charge in [0.2, 0.25) is 0 Å². The van der Waals surface area contributed by atoms with Gasteiger partial charge in [-0.25, -0.2) is 9.18 Å². The molecule has 2 N–H and O–H groups in total. The van der Waals surface area contributed by atoms with Crippen molar-refractivity contribution in [2.75, 3.05) is 13.1 Å². The van der Waals surface area contributed by atoms with E-state index in [2.05, 4.69) is 28.7 Å². The molecule has 1 aliphatic rings. The predicted octanol–water partition coefficient (Wildman–Crippen LogP) is 3.24. The van der Waals surface area contributed by atoms with Crippen LogP contribution in [0, 0.1) is 5.82 Å². The maximum atomic E-state index is 14.0. The van der Waals surface area contributed by atoms with E-state index >= 15 is 0 Å². The Hall–Kier alpha value is -1.33. The Kier molecular flexibility index (Phi) is 3.80. The minimum Gasteiger partial charge on any atom is -0.306 e. The van der Waals surface area contributed by atoms with Crippen molar-refractivity contribution in [2.45, 2.75) is 38.6 Å². The molecule has 4 nitrogen and oxygen atoms in total. The van der Waals surface area contributed by atoms with E-state index in [1.807, 2.05) is 0 Å². The van der Waals surface area contributed by atoms with E-state index in [-0.39, 0.29) is 16.6 Å². The maximum Gasteiger partial charge on any atom is 0.323 e. The van der Waals surface area contributed by atoms with E-state index in [0.717, 1.165) is 31.5 Å². The van der Waals surface area contributed by atoms with Gasteiger partial charge in [0.1, 0.15) is 5.82 Å². The molecular weight excluding hydrogens is 293 g/mol. The lowest BCUT2D eigenvalue weighted by Gasteiger charge is -2.35. The monoisotopic (exact) mass is 311 g/mol. The fourth-order valence-electron chi connectivity index (χ4n) is 3.23. The van der Waals surface area contributed by atoms with Crippen molar-refractivity contribution >= 4 is 22.6 Å². The van der Waals surface area contributed by atoms with Gasteiger partial charge in [-0.05, 0) is 45.7 Å². The Bertz CT molecular complexity index is 714. The van der Waals surface area contributed by atoms with Crippen LogP contribution in [-0.4, -0.2) is 34.0 Å². The highest BCUT2D eigenvalue weighted by Crippen LogP contribution is 2.38. The summed E-state index contributed by atoms with van der Waals surface area (Å²) in [5.41, 5.74) is 1.55. The SMILES string of the molecule is CC(C)N1CCC(c2c(Cl)c(F)cc3[nH]c(=O)[nH]c23)CC1. The molecule has 1 fully saturated rings. The number of aromatic nitrogens is 2. The van der Waals surface area contributed by atoms with Gasteiger partial charge in [-0.3, -0.25) is 0 Å². The first kappa shape index (κ1) is 14.6. The lowest BCUT2D eigenvalue weighted by molar-refractivity contribution is 0.172. The van der Waals surface area contributed by atoms with Crippen LogP contribution < -0.4 is 5.69 Å². The predicted molar refractivity (Wildman–Crippen MR) is 82.6 cm³/mol. The summed E-state index contributed by atoms with van der Waals surface area (Å²) in [6, 6.07) is 1.79. The average Bonchev–Trinajstić information content (AvgIpc) is 2.80. The number of imidazole rings is 1. The Balaban J connectivity index is 2.00. The van der Waals surface area contributed by atoms with Gasteiger partial charge in [0.15, 0.2) is 0 Å². The smallest absolute Gasteiger partial charge is 0.306 e. The van der Waals surface area contributed by atoms with Crippen LogP contribution in [0.3, 0.4) is 0 Å². The molecule has 0 atom stereocenters. The van der Waals surface area contributed by atoms with Gasteiger partial charge in [0.05, 0.1) is 16.1 Å². The van der Waals surface area contributed by atoms with Gasteiger partial charge in [0, 0.05) is 17.7 Å². The largest absolute Gasteiger partial charge is 0.323 e. The minimum absolute atomic E-state index is 0.140. The number of piperidine rings is 1. The van der Waals surface area contributed by atoms with E-state index in [0.29, 0.717) is 17.1 Å². The topological polar surface area (TPSA) is 51.9 Å². The second kappa shape index (κ2) is 5.46. The van der Waals surface area contributed by atoms with Crippen molar-refractivity contribution in [2.24, 2.45) is 0 Å². The summed E-state index contributed by atoms with van der Waals surface area (Å²) < 4.78 is 14.0. The van der Waals surface area contributed by atoms with Gasteiger partial charge in [0.25, 0.3) is 0 Å². The third kappa shape index (κ3) is 2.60. The van der Waals surface area contributed by atoms with Crippen molar-refractivity contribution in [3.8, 4) is 0 Å².